The van der Waals surface area contributed by atoms with Crippen molar-refractivity contribution in [3.63, 3.8) is 0 Å². The molecule has 0 fully saturated rings. The Balaban J connectivity index is 2.16. The first-order valence-corrected chi connectivity index (χ1v) is 8.36. The fraction of sp³-hybridized carbons (Fsp3) is 0.111. The molecular formula is C18H14ClNO2S. The number of nitrogens with zero attached hydrogens (tertiary/aromatic N) is 1. The van der Waals surface area contributed by atoms with Gasteiger partial charge in [0.2, 0.25) is 0 Å². The Morgan fingerprint density at radius 1 is 1.22 bits per heavy atom. The summed E-state index contributed by atoms with van der Waals surface area (Å²) in [6, 6.07) is 15.4. The number of pyridine rings is 1. The van der Waals surface area contributed by atoms with Crippen molar-refractivity contribution >= 4 is 40.2 Å². The molecule has 0 saturated heterocycles. The van der Waals surface area contributed by atoms with Crippen molar-refractivity contribution in [1.29, 1.82) is 0 Å². The van der Waals surface area contributed by atoms with E-state index >= 15 is 0 Å². The SMILES string of the molecule is CCOC(=O)c1cnc2cc(Cl)ccc2c1Sc1ccccc1. The highest BCUT2D eigenvalue weighted by atomic mass is 35.5. The van der Waals surface area contributed by atoms with Gasteiger partial charge in [0, 0.05) is 26.4 Å². The number of rotatable bonds is 4. The summed E-state index contributed by atoms with van der Waals surface area (Å²) in [5.41, 5.74) is 1.22. The molecule has 0 saturated carbocycles. The lowest BCUT2D eigenvalue weighted by Crippen LogP contribution is -2.07. The van der Waals surface area contributed by atoms with Crippen LogP contribution >= 0.6 is 23.4 Å². The van der Waals surface area contributed by atoms with Crippen molar-refractivity contribution in [2.75, 3.05) is 6.61 Å². The van der Waals surface area contributed by atoms with Crippen molar-refractivity contribution in [3.8, 4) is 0 Å². The minimum absolute atomic E-state index is 0.326. The van der Waals surface area contributed by atoms with Crippen LogP contribution in [0.3, 0.4) is 0 Å². The smallest absolute Gasteiger partial charge is 0.340 e. The van der Waals surface area contributed by atoms with Crippen LogP contribution in [0.15, 0.2) is 64.5 Å². The van der Waals surface area contributed by atoms with Gasteiger partial charge >= 0.3 is 5.97 Å². The summed E-state index contributed by atoms with van der Waals surface area (Å²) >= 11 is 7.56. The van der Waals surface area contributed by atoms with E-state index in [1.54, 1.807) is 25.3 Å². The predicted molar refractivity (Wildman–Crippen MR) is 93.3 cm³/mol. The second-order valence-electron chi connectivity index (χ2n) is 4.80. The maximum atomic E-state index is 12.3. The van der Waals surface area contributed by atoms with Gasteiger partial charge in [-0.05, 0) is 31.2 Å². The van der Waals surface area contributed by atoms with Crippen LogP contribution in [0.2, 0.25) is 5.02 Å². The summed E-state index contributed by atoms with van der Waals surface area (Å²) in [6.07, 6.45) is 1.56. The molecule has 2 aromatic carbocycles. The summed E-state index contributed by atoms with van der Waals surface area (Å²) in [7, 11) is 0. The molecule has 0 atom stereocenters. The fourth-order valence-electron chi connectivity index (χ4n) is 2.21. The van der Waals surface area contributed by atoms with Gasteiger partial charge in [0.05, 0.1) is 17.7 Å². The second-order valence-corrected chi connectivity index (χ2v) is 6.32. The summed E-state index contributed by atoms with van der Waals surface area (Å²) in [5.74, 6) is -0.365. The molecule has 1 aromatic heterocycles. The van der Waals surface area contributed by atoms with Gasteiger partial charge in [0.1, 0.15) is 0 Å². The van der Waals surface area contributed by atoms with Crippen molar-refractivity contribution in [3.05, 3.63) is 65.3 Å². The van der Waals surface area contributed by atoms with Crippen LogP contribution in [0.4, 0.5) is 0 Å². The fourth-order valence-corrected chi connectivity index (χ4v) is 3.44. The van der Waals surface area contributed by atoms with E-state index in [-0.39, 0.29) is 5.97 Å². The van der Waals surface area contributed by atoms with Crippen molar-refractivity contribution in [1.82, 2.24) is 4.98 Å². The molecule has 0 bridgehead atoms. The standard InChI is InChI=1S/C18H14ClNO2S/c1-2-22-18(21)15-11-20-16-10-12(19)8-9-14(16)17(15)23-13-6-4-3-5-7-13/h3-11H,2H2,1H3. The van der Waals surface area contributed by atoms with E-state index < -0.39 is 0 Å². The van der Waals surface area contributed by atoms with Gasteiger partial charge in [-0.25, -0.2) is 4.79 Å². The van der Waals surface area contributed by atoms with Gasteiger partial charge in [-0.1, -0.05) is 47.6 Å². The number of halogens is 1. The zero-order valence-electron chi connectivity index (χ0n) is 12.5. The van der Waals surface area contributed by atoms with E-state index in [4.69, 9.17) is 16.3 Å². The van der Waals surface area contributed by atoms with E-state index in [2.05, 4.69) is 4.98 Å². The average Bonchev–Trinajstić information content (AvgIpc) is 2.56. The minimum Gasteiger partial charge on any atom is -0.462 e. The highest BCUT2D eigenvalue weighted by Gasteiger charge is 2.17. The van der Waals surface area contributed by atoms with Crippen LogP contribution in [0, 0.1) is 0 Å². The quantitative estimate of drug-likeness (QED) is 0.609. The van der Waals surface area contributed by atoms with E-state index in [1.165, 1.54) is 11.8 Å². The van der Waals surface area contributed by atoms with Crippen LogP contribution in [0.1, 0.15) is 17.3 Å². The molecule has 0 N–H and O–H groups in total. The predicted octanol–water partition coefficient (Wildman–Crippen LogP) is 5.22. The van der Waals surface area contributed by atoms with Gasteiger partial charge < -0.3 is 4.74 Å². The first-order chi connectivity index (χ1) is 11.2. The number of aromatic nitrogens is 1. The Morgan fingerprint density at radius 3 is 2.74 bits per heavy atom. The molecule has 116 valence electrons. The summed E-state index contributed by atoms with van der Waals surface area (Å²) in [4.78, 5) is 18.5. The third-order valence-electron chi connectivity index (χ3n) is 3.24. The molecular weight excluding hydrogens is 330 g/mol. The van der Waals surface area contributed by atoms with E-state index in [0.29, 0.717) is 17.2 Å². The third kappa shape index (κ3) is 3.49. The highest BCUT2D eigenvalue weighted by Crippen LogP contribution is 2.36. The van der Waals surface area contributed by atoms with E-state index in [0.717, 1.165) is 20.7 Å². The van der Waals surface area contributed by atoms with Crippen LogP contribution in [-0.2, 0) is 4.74 Å². The number of benzene rings is 2. The summed E-state index contributed by atoms with van der Waals surface area (Å²) < 4.78 is 5.16. The van der Waals surface area contributed by atoms with Crippen molar-refractivity contribution < 1.29 is 9.53 Å². The Kier molecular flexibility index (Phi) is 4.84. The average molecular weight is 344 g/mol. The first kappa shape index (κ1) is 15.8. The third-order valence-corrected chi connectivity index (χ3v) is 4.63. The number of esters is 1. The molecule has 0 aliphatic heterocycles. The molecule has 0 radical (unpaired) electrons. The number of hydrogen-bond acceptors (Lipinski definition) is 4. The second kappa shape index (κ2) is 7.02. The molecule has 3 rings (SSSR count). The molecule has 3 aromatic rings. The molecule has 1 heterocycles. The number of carbonyl (C=O) groups is 1. The monoisotopic (exact) mass is 343 g/mol. The van der Waals surface area contributed by atoms with E-state index in [9.17, 15) is 4.79 Å². The van der Waals surface area contributed by atoms with Gasteiger partial charge in [0.15, 0.2) is 0 Å². The summed E-state index contributed by atoms with van der Waals surface area (Å²) in [5, 5.41) is 1.50. The van der Waals surface area contributed by atoms with Gasteiger partial charge in [-0.3, -0.25) is 4.98 Å². The number of fused-ring (bicyclic) bond motifs is 1. The number of ether oxygens (including phenoxy) is 1. The number of hydrogen-bond donors (Lipinski definition) is 0. The molecule has 0 unspecified atom stereocenters. The van der Waals surface area contributed by atoms with E-state index in [1.807, 2.05) is 36.4 Å². The Hall–Kier alpha value is -2.04. The highest BCUT2D eigenvalue weighted by molar-refractivity contribution is 7.99. The lowest BCUT2D eigenvalue weighted by Gasteiger charge is -2.11. The lowest BCUT2D eigenvalue weighted by atomic mass is 10.1. The van der Waals surface area contributed by atoms with Crippen molar-refractivity contribution in [2.24, 2.45) is 0 Å². The van der Waals surface area contributed by atoms with Crippen LogP contribution in [0.25, 0.3) is 10.9 Å². The molecule has 0 amide bonds. The Morgan fingerprint density at radius 2 is 2.00 bits per heavy atom. The largest absolute Gasteiger partial charge is 0.462 e. The van der Waals surface area contributed by atoms with Crippen LogP contribution in [-0.4, -0.2) is 17.6 Å². The topological polar surface area (TPSA) is 39.2 Å². The molecule has 5 heteroatoms. The Labute approximate surface area is 143 Å². The molecule has 3 nitrogen and oxygen atoms in total. The maximum absolute atomic E-state index is 12.3. The van der Waals surface area contributed by atoms with Crippen molar-refractivity contribution in [2.45, 2.75) is 16.7 Å². The lowest BCUT2D eigenvalue weighted by molar-refractivity contribution is 0.0522. The zero-order valence-corrected chi connectivity index (χ0v) is 14.0. The van der Waals surface area contributed by atoms with Gasteiger partial charge in [0.25, 0.3) is 0 Å². The zero-order chi connectivity index (χ0) is 16.2. The van der Waals surface area contributed by atoms with Gasteiger partial charge in [-0.15, -0.1) is 0 Å². The minimum atomic E-state index is -0.365. The van der Waals surface area contributed by atoms with Gasteiger partial charge in [-0.2, -0.15) is 0 Å². The molecule has 0 aliphatic rings. The molecule has 0 spiro atoms. The summed E-state index contributed by atoms with van der Waals surface area (Å²) in [6.45, 7) is 2.11. The Bertz CT molecular complexity index is 852. The van der Waals surface area contributed by atoms with Crippen LogP contribution < -0.4 is 0 Å². The first-order valence-electron chi connectivity index (χ1n) is 7.17. The number of carbonyl (C=O) groups excluding carboxylic acids is 1. The van der Waals surface area contributed by atoms with Crippen LogP contribution in [0.5, 0.6) is 0 Å². The molecule has 23 heavy (non-hydrogen) atoms. The normalized spacial score (nSPS) is 10.7. The molecule has 0 aliphatic carbocycles. The maximum Gasteiger partial charge on any atom is 0.340 e.